The highest BCUT2D eigenvalue weighted by Gasteiger charge is 1.99. The van der Waals surface area contributed by atoms with E-state index < -0.39 is 0 Å². The zero-order valence-electron chi connectivity index (χ0n) is 5.04. The van der Waals surface area contributed by atoms with Gasteiger partial charge in [-0.05, 0) is 6.07 Å². The van der Waals surface area contributed by atoms with E-state index in [0.717, 1.165) is 0 Å². The minimum absolute atomic E-state index is 0.276. The van der Waals surface area contributed by atoms with E-state index in [9.17, 15) is 0 Å². The van der Waals surface area contributed by atoms with Gasteiger partial charge in [-0.2, -0.15) is 0 Å². The third kappa shape index (κ3) is 1.43. The van der Waals surface area contributed by atoms with Crippen LogP contribution in [0.4, 0.5) is 0 Å². The van der Waals surface area contributed by atoms with Crippen LogP contribution in [0.5, 0.6) is 0 Å². The Balaban J connectivity index is 3.15. The molecule has 0 saturated heterocycles. The lowest BCUT2D eigenvalue weighted by molar-refractivity contribution is 1.32. The number of nitrogens with zero attached hydrogens (tertiary/aromatic N) is 1. The Bertz CT molecular complexity index is 262. The van der Waals surface area contributed by atoms with E-state index in [1.165, 1.54) is 0 Å². The van der Waals surface area contributed by atoms with Crippen molar-refractivity contribution in [2.24, 2.45) is 5.73 Å². The maximum Gasteiger partial charge on any atom is 0.107 e. The molecule has 0 radical (unpaired) electrons. The van der Waals surface area contributed by atoms with E-state index in [1.807, 2.05) is 0 Å². The molecule has 0 bridgehead atoms. The van der Waals surface area contributed by atoms with Crippen LogP contribution in [0.3, 0.4) is 0 Å². The van der Waals surface area contributed by atoms with Crippen LogP contribution >= 0.6 is 23.8 Å². The third-order valence-electron chi connectivity index (χ3n) is 1.03. The minimum Gasteiger partial charge on any atom is -0.389 e. The van der Waals surface area contributed by atoms with Crippen LogP contribution in [0.2, 0.25) is 5.02 Å². The number of rotatable bonds is 1. The van der Waals surface area contributed by atoms with E-state index in [2.05, 4.69) is 4.98 Å². The average Bonchev–Trinajstić information content (AvgIpc) is 1.88. The van der Waals surface area contributed by atoms with Crippen molar-refractivity contribution in [3.63, 3.8) is 0 Å². The number of aromatic nitrogens is 1. The monoisotopic (exact) mass is 172 g/mol. The van der Waals surface area contributed by atoms with Gasteiger partial charge in [-0.1, -0.05) is 23.8 Å². The first-order chi connectivity index (χ1) is 4.72. The van der Waals surface area contributed by atoms with E-state index in [-0.39, 0.29) is 4.99 Å². The third-order valence-corrected chi connectivity index (χ3v) is 1.58. The largest absolute Gasteiger partial charge is 0.389 e. The van der Waals surface area contributed by atoms with Crippen molar-refractivity contribution < 1.29 is 0 Å². The van der Waals surface area contributed by atoms with Gasteiger partial charge < -0.3 is 5.73 Å². The Labute approximate surface area is 69.0 Å². The predicted octanol–water partition coefficient (Wildman–Crippen LogP) is 1.37. The van der Waals surface area contributed by atoms with Crippen LogP contribution in [-0.4, -0.2) is 9.97 Å². The zero-order valence-corrected chi connectivity index (χ0v) is 6.62. The molecule has 0 aromatic carbocycles. The standard InChI is InChI=1S/C6H5ClN2S/c7-5-1-2-9-3-4(5)6(8)10/h1-3H,(H2,8,10). The average molecular weight is 173 g/mol. The summed E-state index contributed by atoms with van der Waals surface area (Å²) in [5.41, 5.74) is 5.95. The van der Waals surface area contributed by atoms with Gasteiger partial charge in [0.05, 0.1) is 5.02 Å². The lowest BCUT2D eigenvalue weighted by atomic mass is 10.3. The molecule has 0 aliphatic carbocycles. The van der Waals surface area contributed by atoms with Crippen LogP contribution in [-0.2, 0) is 0 Å². The van der Waals surface area contributed by atoms with Gasteiger partial charge in [-0.15, -0.1) is 0 Å². The van der Waals surface area contributed by atoms with Crippen molar-refractivity contribution >= 4 is 28.8 Å². The lowest BCUT2D eigenvalue weighted by Crippen LogP contribution is -2.09. The molecule has 0 aliphatic heterocycles. The number of hydrogen-bond donors (Lipinski definition) is 1. The van der Waals surface area contributed by atoms with Gasteiger partial charge in [0, 0.05) is 18.0 Å². The number of nitrogens with two attached hydrogens (primary N) is 1. The second kappa shape index (κ2) is 2.94. The lowest BCUT2D eigenvalue weighted by Gasteiger charge is -1.97. The number of hydrogen-bond acceptors (Lipinski definition) is 2. The highest BCUT2D eigenvalue weighted by molar-refractivity contribution is 7.80. The Morgan fingerprint density at radius 3 is 2.80 bits per heavy atom. The quantitative estimate of drug-likeness (QED) is 0.651. The molecule has 1 aromatic rings. The molecule has 2 nitrogen and oxygen atoms in total. The highest BCUT2D eigenvalue weighted by Crippen LogP contribution is 2.12. The summed E-state index contributed by atoms with van der Waals surface area (Å²) in [5.74, 6) is 0. The van der Waals surface area contributed by atoms with E-state index in [0.29, 0.717) is 10.6 Å². The van der Waals surface area contributed by atoms with Gasteiger partial charge in [0.25, 0.3) is 0 Å². The summed E-state index contributed by atoms with van der Waals surface area (Å²) in [6, 6.07) is 1.65. The molecule has 0 amide bonds. The van der Waals surface area contributed by atoms with Crippen LogP contribution in [0.1, 0.15) is 5.56 Å². The molecule has 1 rings (SSSR count). The van der Waals surface area contributed by atoms with E-state index >= 15 is 0 Å². The second-order valence-corrected chi connectivity index (χ2v) is 2.57. The van der Waals surface area contributed by atoms with Crippen molar-refractivity contribution in [1.29, 1.82) is 0 Å². The van der Waals surface area contributed by atoms with Crippen LogP contribution in [0.15, 0.2) is 18.5 Å². The van der Waals surface area contributed by atoms with E-state index in [1.54, 1.807) is 18.5 Å². The van der Waals surface area contributed by atoms with Crippen molar-refractivity contribution in [3.05, 3.63) is 29.0 Å². The molecule has 4 heteroatoms. The normalized spacial score (nSPS) is 9.30. The van der Waals surface area contributed by atoms with Crippen molar-refractivity contribution in [3.8, 4) is 0 Å². The fourth-order valence-corrected chi connectivity index (χ4v) is 0.984. The molecular weight excluding hydrogens is 168 g/mol. The second-order valence-electron chi connectivity index (χ2n) is 1.72. The number of pyridine rings is 1. The minimum atomic E-state index is 0.276. The van der Waals surface area contributed by atoms with Crippen LogP contribution in [0.25, 0.3) is 0 Å². The van der Waals surface area contributed by atoms with Crippen LogP contribution < -0.4 is 5.73 Å². The van der Waals surface area contributed by atoms with Crippen LogP contribution in [0, 0.1) is 0 Å². The summed E-state index contributed by atoms with van der Waals surface area (Å²) in [4.78, 5) is 4.09. The van der Waals surface area contributed by atoms with Crippen molar-refractivity contribution in [1.82, 2.24) is 4.98 Å². The first kappa shape index (κ1) is 7.44. The highest BCUT2D eigenvalue weighted by atomic mass is 35.5. The summed E-state index contributed by atoms with van der Waals surface area (Å²) in [6.45, 7) is 0. The molecule has 0 fully saturated rings. The summed E-state index contributed by atoms with van der Waals surface area (Å²) in [7, 11) is 0. The van der Waals surface area contributed by atoms with Gasteiger partial charge in [0.1, 0.15) is 4.99 Å². The fourth-order valence-electron chi connectivity index (χ4n) is 0.559. The maximum absolute atomic E-state index is 5.71. The first-order valence-electron chi connectivity index (χ1n) is 2.61. The van der Waals surface area contributed by atoms with Gasteiger partial charge in [0.2, 0.25) is 0 Å². The first-order valence-corrected chi connectivity index (χ1v) is 3.40. The Morgan fingerprint density at radius 2 is 2.40 bits per heavy atom. The molecule has 0 atom stereocenters. The molecule has 0 unspecified atom stereocenters. The maximum atomic E-state index is 5.71. The van der Waals surface area contributed by atoms with Crippen molar-refractivity contribution in [2.45, 2.75) is 0 Å². The Kier molecular flexibility index (Phi) is 2.19. The molecule has 0 spiro atoms. The zero-order chi connectivity index (χ0) is 7.56. The van der Waals surface area contributed by atoms with Crippen molar-refractivity contribution in [2.75, 3.05) is 0 Å². The van der Waals surface area contributed by atoms with E-state index in [4.69, 9.17) is 29.6 Å². The molecule has 2 N–H and O–H groups in total. The van der Waals surface area contributed by atoms with Gasteiger partial charge >= 0.3 is 0 Å². The summed E-state index contributed by atoms with van der Waals surface area (Å²) < 4.78 is 0. The molecule has 0 saturated carbocycles. The molecule has 52 valence electrons. The molecule has 0 aliphatic rings. The Morgan fingerprint density at radius 1 is 1.70 bits per heavy atom. The summed E-state index contributed by atoms with van der Waals surface area (Å²) in [5, 5.41) is 0.544. The molecule has 1 heterocycles. The molecular formula is C6H5ClN2S. The fraction of sp³-hybridized carbons (Fsp3) is 0. The van der Waals surface area contributed by atoms with Gasteiger partial charge in [-0.3, -0.25) is 4.98 Å². The summed E-state index contributed by atoms with van der Waals surface area (Å²) >= 11 is 10.4. The smallest absolute Gasteiger partial charge is 0.107 e. The Hall–Kier alpha value is -0.670. The predicted molar refractivity (Wildman–Crippen MR) is 45.1 cm³/mol. The molecule has 1 aromatic heterocycles. The number of thiocarbonyl (C=S) groups is 1. The summed E-state index contributed by atoms with van der Waals surface area (Å²) in [6.07, 6.45) is 3.13. The van der Waals surface area contributed by atoms with Gasteiger partial charge in [-0.25, -0.2) is 0 Å². The molecule has 10 heavy (non-hydrogen) atoms. The topological polar surface area (TPSA) is 38.9 Å². The van der Waals surface area contributed by atoms with Gasteiger partial charge in [0.15, 0.2) is 0 Å². The number of halogens is 1. The SMILES string of the molecule is NC(=S)c1cnccc1Cl.